The second-order valence-corrected chi connectivity index (χ2v) is 5.89. The first kappa shape index (κ1) is 11.0. The molecule has 0 bridgehead atoms. The first-order chi connectivity index (χ1) is 7.15. The van der Waals surface area contributed by atoms with E-state index in [-0.39, 0.29) is 12.0 Å². The van der Waals surface area contributed by atoms with Crippen molar-refractivity contribution in [2.75, 3.05) is 12.4 Å². The minimum Gasteiger partial charge on any atom is -0.395 e. The maximum Gasteiger partial charge on any atom is 0.0523 e. The zero-order valence-corrected chi connectivity index (χ0v) is 10.2. The smallest absolute Gasteiger partial charge is 0.0523 e. The average molecular weight is 222 g/mol. The summed E-state index contributed by atoms with van der Waals surface area (Å²) in [6.07, 6.45) is 2.47. The van der Waals surface area contributed by atoms with Crippen molar-refractivity contribution >= 4 is 11.8 Å². The Kier molecular flexibility index (Phi) is 3.08. The van der Waals surface area contributed by atoms with Gasteiger partial charge >= 0.3 is 0 Å². The standard InChI is InChI=1S/C13H18OS/c1-13(2,9-14)11-7-3-5-10-6-4-8-15-12(10)11/h3,5,7,14H,4,6,8-9H2,1-2H3. The summed E-state index contributed by atoms with van der Waals surface area (Å²) in [7, 11) is 0. The fraction of sp³-hybridized carbons (Fsp3) is 0.538. The monoisotopic (exact) mass is 222 g/mol. The number of hydrogen-bond donors (Lipinski definition) is 1. The lowest BCUT2D eigenvalue weighted by Gasteiger charge is -2.28. The van der Waals surface area contributed by atoms with E-state index in [9.17, 15) is 5.11 Å². The van der Waals surface area contributed by atoms with Gasteiger partial charge in [0.1, 0.15) is 0 Å². The SMILES string of the molecule is CC(C)(CO)c1cccc2c1SCCC2. The van der Waals surface area contributed by atoms with Crippen LogP contribution in [0.3, 0.4) is 0 Å². The van der Waals surface area contributed by atoms with Crippen LogP contribution in [0.25, 0.3) is 0 Å². The van der Waals surface area contributed by atoms with Gasteiger partial charge in [0.15, 0.2) is 0 Å². The van der Waals surface area contributed by atoms with Gasteiger partial charge in [0.2, 0.25) is 0 Å². The normalized spacial score (nSPS) is 16.2. The molecule has 15 heavy (non-hydrogen) atoms. The topological polar surface area (TPSA) is 20.2 Å². The summed E-state index contributed by atoms with van der Waals surface area (Å²) < 4.78 is 0. The van der Waals surface area contributed by atoms with E-state index in [0.717, 1.165) is 0 Å². The number of rotatable bonds is 2. The fourth-order valence-corrected chi connectivity index (χ4v) is 3.36. The largest absolute Gasteiger partial charge is 0.395 e. The molecule has 0 amide bonds. The zero-order chi connectivity index (χ0) is 10.9. The van der Waals surface area contributed by atoms with Crippen LogP contribution in [0.15, 0.2) is 23.1 Å². The Hall–Kier alpha value is -0.470. The van der Waals surface area contributed by atoms with Crippen LogP contribution in [-0.4, -0.2) is 17.5 Å². The molecule has 0 saturated heterocycles. The van der Waals surface area contributed by atoms with Crippen LogP contribution < -0.4 is 0 Å². The number of aliphatic hydroxyl groups excluding tert-OH is 1. The van der Waals surface area contributed by atoms with E-state index in [1.54, 1.807) is 0 Å². The molecule has 0 aromatic heterocycles. The van der Waals surface area contributed by atoms with E-state index >= 15 is 0 Å². The Bertz CT molecular complexity index is 358. The first-order valence-corrected chi connectivity index (χ1v) is 6.50. The minimum absolute atomic E-state index is 0.115. The molecule has 1 heterocycles. The number of benzene rings is 1. The molecule has 1 N–H and O–H groups in total. The van der Waals surface area contributed by atoms with Gasteiger partial charge < -0.3 is 5.11 Å². The lowest BCUT2D eigenvalue weighted by Crippen LogP contribution is -2.24. The molecule has 82 valence electrons. The number of aryl methyl sites for hydroxylation is 1. The van der Waals surface area contributed by atoms with Crippen molar-refractivity contribution in [2.45, 2.75) is 37.0 Å². The first-order valence-electron chi connectivity index (χ1n) is 5.51. The van der Waals surface area contributed by atoms with Crippen molar-refractivity contribution in [1.82, 2.24) is 0 Å². The van der Waals surface area contributed by atoms with Crippen LogP contribution in [0.5, 0.6) is 0 Å². The quantitative estimate of drug-likeness (QED) is 0.830. The van der Waals surface area contributed by atoms with E-state index in [4.69, 9.17) is 0 Å². The molecule has 1 aliphatic heterocycles. The number of fused-ring (bicyclic) bond motifs is 1. The highest BCUT2D eigenvalue weighted by atomic mass is 32.2. The van der Waals surface area contributed by atoms with Gasteiger partial charge in [-0.2, -0.15) is 0 Å². The fourth-order valence-electron chi connectivity index (χ4n) is 2.01. The Balaban J connectivity index is 2.48. The molecule has 0 spiro atoms. The van der Waals surface area contributed by atoms with Gasteiger partial charge in [-0.3, -0.25) is 0 Å². The minimum atomic E-state index is -0.115. The summed E-state index contributed by atoms with van der Waals surface area (Å²) in [5.41, 5.74) is 2.66. The van der Waals surface area contributed by atoms with Crippen LogP contribution in [0.2, 0.25) is 0 Å². The van der Waals surface area contributed by atoms with Crippen molar-refractivity contribution in [3.63, 3.8) is 0 Å². The number of thioether (sulfide) groups is 1. The van der Waals surface area contributed by atoms with Crippen molar-refractivity contribution in [2.24, 2.45) is 0 Å². The van der Waals surface area contributed by atoms with E-state index in [1.165, 1.54) is 34.6 Å². The van der Waals surface area contributed by atoms with Crippen LogP contribution in [0.4, 0.5) is 0 Å². The highest BCUT2D eigenvalue weighted by Crippen LogP contribution is 2.38. The summed E-state index contributed by atoms with van der Waals surface area (Å²) >= 11 is 1.95. The molecule has 2 heteroatoms. The second kappa shape index (κ2) is 4.18. The molecule has 0 atom stereocenters. The molecule has 2 rings (SSSR count). The summed E-state index contributed by atoms with van der Waals surface area (Å²) in [5, 5.41) is 9.44. The van der Waals surface area contributed by atoms with Crippen LogP contribution in [0, 0.1) is 0 Å². The van der Waals surface area contributed by atoms with Crippen molar-refractivity contribution in [3.05, 3.63) is 29.3 Å². The molecular weight excluding hydrogens is 204 g/mol. The zero-order valence-electron chi connectivity index (χ0n) is 9.42. The molecule has 0 radical (unpaired) electrons. The van der Waals surface area contributed by atoms with Crippen molar-refractivity contribution in [3.8, 4) is 0 Å². The maximum atomic E-state index is 9.44. The van der Waals surface area contributed by atoms with Gasteiger partial charge in [-0.1, -0.05) is 32.0 Å². The number of aliphatic hydroxyl groups is 1. The summed E-state index contributed by atoms with van der Waals surface area (Å²) in [6.45, 7) is 4.43. The van der Waals surface area contributed by atoms with E-state index in [0.29, 0.717) is 0 Å². The predicted octanol–water partition coefficient (Wildman–Crippen LogP) is 2.99. The van der Waals surface area contributed by atoms with Crippen LogP contribution >= 0.6 is 11.8 Å². The molecule has 1 aromatic rings. The molecule has 0 fully saturated rings. The van der Waals surface area contributed by atoms with E-state index in [1.807, 2.05) is 11.8 Å². The third-order valence-corrected chi connectivity index (χ3v) is 4.32. The summed E-state index contributed by atoms with van der Waals surface area (Å²) in [5.74, 6) is 1.21. The van der Waals surface area contributed by atoms with Gasteiger partial charge in [0, 0.05) is 10.3 Å². The summed E-state index contributed by atoms with van der Waals surface area (Å²) in [4.78, 5) is 1.42. The highest BCUT2D eigenvalue weighted by Gasteiger charge is 2.25. The third-order valence-electron chi connectivity index (χ3n) is 3.06. The third kappa shape index (κ3) is 2.06. The predicted molar refractivity (Wildman–Crippen MR) is 65.6 cm³/mol. The lowest BCUT2D eigenvalue weighted by atomic mass is 9.84. The Morgan fingerprint density at radius 3 is 2.93 bits per heavy atom. The summed E-state index contributed by atoms with van der Waals surface area (Å²) in [6, 6.07) is 6.50. The van der Waals surface area contributed by atoms with Gasteiger partial charge in [-0.05, 0) is 29.7 Å². The number of hydrogen-bond acceptors (Lipinski definition) is 2. The van der Waals surface area contributed by atoms with Gasteiger partial charge in [0.25, 0.3) is 0 Å². The molecular formula is C13H18OS. The van der Waals surface area contributed by atoms with Gasteiger partial charge in [-0.25, -0.2) is 0 Å². The van der Waals surface area contributed by atoms with Crippen molar-refractivity contribution in [1.29, 1.82) is 0 Å². The molecule has 1 aliphatic rings. The van der Waals surface area contributed by atoms with Gasteiger partial charge in [0.05, 0.1) is 6.61 Å². The molecule has 0 aliphatic carbocycles. The lowest BCUT2D eigenvalue weighted by molar-refractivity contribution is 0.216. The van der Waals surface area contributed by atoms with Crippen LogP contribution in [0.1, 0.15) is 31.4 Å². The Morgan fingerprint density at radius 1 is 1.40 bits per heavy atom. The Labute approximate surface area is 95.9 Å². The highest BCUT2D eigenvalue weighted by molar-refractivity contribution is 7.99. The van der Waals surface area contributed by atoms with E-state index < -0.39 is 0 Å². The molecule has 0 unspecified atom stereocenters. The van der Waals surface area contributed by atoms with E-state index in [2.05, 4.69) is 32.0 Å². The average Bonchev–Trinajstić information content (AvgIpc) is 2.28. The maximum absolute atomic E-state index is 9.44. The van der Waals surface area contributed by atoms with Gasteiger partial charge in [-0.15, -0.1) is 11.8 Å². The molecule has 1 aromatic carbocycles. The van der Waals surface area contributed by atoms with Crippen molar-refractivity contribution < 1.29 is 5.11 Å². The molecule has 1 nitrogen and oxygen atoms in total. The van der Waals surface area contributed by atoms with Crippen LogP contribution in [-0.2, 0) is 11.8 Å². The second-order valence-electron chi connectivity index (χ2n) is 4.79. The molecule has 0 saturated carbocycles. The Morgan fingerprint density at radius 2 is 2.20 bits per heavy atom.